The Kier molecular flexibility index (Phi) is 7.82. The third-order valence-corrected chi connectivity index (χ3v) is 4.22. The summed E-state index contributed by atoms with van der Waals surface area (Å²) < 4.78 is 5.12. The molecule has 6 heteroatoms. The number of nitrogens with zero attached hydrogens (tertiary/aromatic N) is 1. The van der Waals surface area contributed by atoms with E-state index < -0.39 is 0 Å². The van der Waals surface area contributed by atoms with Crippen LogP contribution in [0.1, 0.15) is 29.8 Å². The fourth-order valence-corrected chi connectivity index (χ4v) is 2.69. The van der Waals surface area contributed by atoms with Crippen molar-refractivity contribution in [2.45, 2.75) is 20.4 Å². The van der Waals surface area contributed by atoms with E-state index in [-0.39, 0.29) is 18.4 Å². The van der Waals surface area contributed by atoms with E-state index >= 15 is 0 Å². The minimum Gasteiger partial charge on any atom is -0.497 e. The second-order valence-electron chi connectivity index (χ2n) is 6.06. The molecule has 0 unspecified atom stereocenters. The van der Waals surface area contributed by atoms with Gasteiger partial charge >= 0.3 is 0 Å². The average Bonchev–Trinajstić information content (AvgIpc) is 2.69. The van der Waals surface area contributed by atoms with Gasteiger partial charge in [-0.3, -0.25) is 9.59 Å². The van der Waals surface area contributed by atoms with Crippen molar-refractivity contribution in [3.05, 3.63) is 59.7 Å². The summed E-state index contributed by atoms with van der Waals surface area (Å²) >= 11 is 0. The SMILES string of the molecule is CCN(CC)C(=O)c1cccc(NC(=O)CNCc2ccc(OC)cc2)c1. The molecule has 2 amide bonds. The number of methoxy groups -OCH3 is 1. The van der Waals surface area contributed by atoms with Gasteiger partial charge in [0.05, 0.1) is 13.7 Å². The van der Waals surface area contributed by atoms with Crippen LogP contribution in [0.2, 0.25) is 0 Å². The molecule has 0 aromatic heterocycles. The lowest BCUT2D eigenvalue weighted by molar-refractivity contribution is -0.115. The van der Waals surface area contributed by atoms with Crippen LogP contribution in [0, 0.1) is 0 Å². The van der Waals surface area contributed by atoms with Crippen molar-refractivity contribution in [1.82, 2.24) is 10.2 Å². The highest BCUT2D eigenvalue weighted by atomic mass is 16.5. The topological polar surface area (TPSA) is 70.7 Å². The number of benzene rings is 2. The normalized spacial score (nSPS) is 10.3. The van der Waals surface area contributed by atoms with Crippen LogP contribution in [0.25, 0.3) is 0 Å². The molecule has 2 rings (SSSR count). The van der Waals surface area contributed by atoms with Crippen molar-refractivity contribution in [2.24, 2.45) is 0 Å². The lowest BCUT2D eigenvalue weighted by Gasteiger charge is -2.19. The first-order chi connectivity index (χ1) is 13.1. The molecule has 27 heavy (non-hydrogen) atoms. The Bertz CT molecular complexity index is 756. The zero-order valence-electron chi connectivity index (χ0n) is 16.1. The molecular formula is C21H27N3O3. The van der Waals surface area contributed by atoms with Gasteiger partial charge in [-0.05, 0) is 49.7 Å². The summed E-state index contributed by atoms with van der Waals surface area (Å²) in [5.41, 5.74) is 2.25. The monoisotopic (exact) mass is 369 g/mol. The first kappa shape index (κ1) is 20.5. The fourth-order valence-electron chi connectivity index (χ4n) is 2.69. The molecule has 0 atom stereocenters. The first-order valence-electron chi connectivity index (χ1n) is 9.10. The zero-order valence-corrected chi connectivity index (χ0v) is 16.1. The van der Waals surface area contributed by atoms with Crippen molar-refractivity contribution < 1.29 is 14.3 Å². The number of ether oxygens (including phenoxy) is 1. The minimum absolute atomic E-state index is 0.0336. The number of amides is 2. The third-order valence-electron chi connectivity index (χ3n) is 4.22. The number of nitrogens with one attached hydrogen (secondary N) is 2. The second kappa shape index (κ2) is 10.3. The number of hydrogen-bond donors (Lipinski definition) is 2. The molecule has 0 aliphatic heterocycles. The maximum atomic E-state index is 12.4. The van der Waals surface area contributed by atoms with Crippen LogP contribution in [0.5, 0.6) is 5.75 Å². The summed E-state index contributed by atoms with van der Waals surface area (Å²) in [6.07, 6.45) is 0. The van der Waals surface area contributed by atoms with Crippen molar-refractivity contribution in [3.63, 3.8) is 0 Å². The molecule has 0 fully saturated rings. The minimum atomic E-state index is -0.157. The molecule has 2 aromatic rings. The van der Waals surface area contributed by atoms with Gasteiger partial charge in [0.2, 0.25) is 5.91 Å². The average molecular weight is 369 g/mol. The summed E-state index contributed by atoms with van der Waals surface area (Å²) in [5.74, 6) is 0.611. The van der Waals surface area contributed by atoms with Gasteiger partial charge < -0.3 is 20.3 Å². The van der Waals surface area contributed by atoms with Gasteiger partial charge in [-0.2, -0.15) is 0 Å². The van der Waals surface area contributed by atoms with Crippen LogP contribution < -0.4 is 15.4 Å². The molecule has 0 bridgehead atoms. The largest absolute Gasteiger partial charge is 0.497 e. The van der Waals surface area contributed by atoms with E-state index in [0.29, 0.717) is 30.9 Å². The Hall–Kier alpha value is -2.86. The van der Waals surface area contributed by atoms with Crippen LogP contribution in [-0.2, 0) is 11.3 Å². The van der Waals surface area contributed by atoms with E-state index in [1.54, 1.807) is 36.3 Å². The smallest absolute Gasteiger partial charge is 0.253 e. The molecule has 0 spiro atoms. The molecule has 0 saturated carbocycles. The Labute approximate surface area is 160 Å². The molecule has 0 radical (unpaired) electrons. The highest BCUT2D eigenvalue weighted by Gasteiger charge is 2.13. The fraction of sp³-hybridized carbons (Fsp3) is 0.333. The van der Waals surface area contributed by atoms with E-state index in [4.69, 9.17) is 4.74 Å². The summed E-state index contributed by atoms with van der Waals surface area (Å²) in [6.45, 7) is 5.96. The van der Waals surface area contributed by atoms with E-state index in [1.807, 2.05) is 38.1 Å². The maximum Gasteiger partial charge on any atom is 0.253 e. The van der Waals surface area contributed by atoms with Crippen LogP contribution in [0.3, 0.4) is 0 Å². The standard InChI is InChI=1S/C21H27N3O3/c1-4-24(5-2)21(26)17-7-6-8-18(13-17)23-20(25)15-22-14-16-9-11-19(27-3)12-10-16/h6-13,22H,4-5,14-15H2,1-3H3,(H,23,25). The van der Waals surface area contributed by atoms with Crippen molar-refractivity contribution in [1.29, 1.82) is 0 Å². The summed E-state index contributed by atoms with van der Waals surface area (Å²) in [5, 5.41) is 5.93. The highest BCUT2D eigenvalue weighted by molar-refractivity contribution is 5.97. The zero-order chi connectivity index (χ0) is 19.6. The number of rotatable bonds is 9. The van der Waals surface area contributed by atoms with Gasteiger partial charge in [-0.1, -0.05) is 18.2 Å². The molecule has 0 heterocycles. The van der Waals surface area contributed by atoms with Crippen molar-refractivity contribution in [2.75, 3.05) is 32.1 Å². The summed E-state index contributed by atoms with van der Waals surface area (Å²) in [4.78, 5) is 26.3. The highest BCUT2D eigenvalue weighted by Crippen LogP contribution is 2.13. The van der Waals surface area contributed by atoms with Gasteiger partial charge in [-0.15, -0.1) is 0 Å². The second-order valence-corrected chi connectivity index (χ2v) is 6.06. The van der Waals surface area contributed by atoms with E-state index in [2.05, 4.69) is 10.6 Å². The molecule has 0 aliphatic carbocycles. The van der Waals surface area contributed by atoms with Gasteiger partial charge in [0.15, 0.2) is 0 Å². The van der Waals surface area contributed by atoms with Crippen LogP contribution in [-0.4, -0.2) is 43.5 Å². The Balaban J connectivity index is 1.86. The lowest BCUT2D eigenvalue weighted by Crippen LogP contribution is -2.30. The maximum absolute atomic E-state index is 12.4. The van der Waals surface area contributed by atoms with Gasteiger partial charge in [0.1, 0.15) is 5.75 Å². The van der Waals surface area contributed by atoms with Crippen molar-refractivity contribution in [3.8, 4) is 5.75 Å². The molecule has 0 saturated heterocycles. The van der Waals surface area contributed by atoms with Gasteiger partial charge in [-0.25, -0.2) is 0 Å². The molecule has 2 N–H and O–H groups in total. The van der Waals surface area contributed by atoms with Crippen molar-refractivity contribution >= 4 is 17.5 Å². The van der Waals surface area contributed by atoms with Crippen LogP contribution in [0.4, 0.5) is 5.69 Å². The molecule has 6 nitrogen and oxygen atoms in total. The molecule has 2 aromatic carbocycles. The Morgan fingerprint density at radius 3 is 2.37 bits per heavy atom. The molecule has 144 valence electrons. The number of carbonyl (C=O) groups excluding carboxylic acids is 2. The quantitative estimate of drug-likeness (QED) is 0.713. The van der Waals surface area contributed by atoms with E-state index in [0.717, 1.165) is 11.3 Å². The van der Waals surface area contributed by atoms with Gasteiger partial charge in [0.25, 0.3) is 5.91 Å². The van der Waals surface area contributed by atoms with E-state index in [1.165, 1.54) is 0 Å². The molecule has 0 aliphatic rings. The van der Waals surface area contributed by atoms with Crippen LogP contribution in [0.15, 0.2) is 48.5 Å². The predicted octanol–water partition coefficient (Wildman–Crippen LogP) is 2.91. The van der Waals surface area contributed by atoms with Gasteiger partial charge in [0, 0.05) is 30.9 Å². The Morgan fingerprint density at radius 1 is 1.04 bits per heavy atom. The lowest BCUT2D eigenvalue weighted by atomic mass is 10.1. The Morgan fingerprint density at radius 2 is 1.74 bits per heavy atom. The predicted molar refractivity (Wildman–Crippen MR) is 107 cm³/mol. The number of anilines is 1. The first-order valence-corrected chi connectivity index (χ1v) is 9.10. The number of hydrogen-bond acceptors (Lipinski definition) is 4. The van der Waals surface area contributed by atoms with Crippen LogP contribution >= 0.6 is 0 Å². The molecular weight excluding hydrogens is 342 g/mol. The summed E-state index contributed by atoms with van der Waals surface area (Å²) in [6, 6.07) is 14.7. The summed E-state index contributed by atoms with van der Waals surface area (Å²) in [7, 11) is 1.63. The van der Waals surface area contributed by atoms with E-state index in [9.17, 15) is 9.59 Å². The number of carbonyl (C=O) groups is 2. The third kappa shape index (κ3) is 6.11.